The number of rotatable bonds is 2. The minimum atomic E-state index is -0.236. The van der Waals surface area contributed by atoms with Crippen molar-refractivity contribution < 1.29 is 9.18 Å². The van der Waals surface area contributed by atoms with E-state index in [1.165, 1.54) is 6.07 Å². The molecule has 1 saturated heterocycles. The van der Waals surface area contributed by atoms with Gasteiger partial charge in [0.1, 0.15) is 5.82 Å². The number of likely N-dealkylation sites (N-methyl/N-ethyl adjacent to an activating group) is 1. The molecule has 1 unspecified atom stereocenters. The second-order valence-corrected chi connectivity index (χ2v) is 4.05. The van der Waals surface area contributed by atoms with Crippen LogP contribution in [0, 0.1) is 12.7 Å². The number of carbonyl (C=O) groups excluding carboxylic acids is 1. The van der Waals surface area contributed by atoms with Crippen LogP contribution in [-0.2, 0) is 4.79 Å². The molecule has 1 fully saturated rings. The van der Waals surface area contributed by atoms with Crippen molar-refractivity contribution in [1.82, 2.24) is 5.32 Å². The minimum Gasteiger partial charge on any atom is -0.311 e. The highest BCUT2D eigenvalue weighted by molar-refractivity contribution is 5.99. The van der Waals surface area contributed by atoms with Gasteiger partial charge >= 0.3 is 0 Å². The van der Waals surface area contributed by atoms with Crippen molar-refractivity contribution >= 4 is 11.6 Å². The van der Waals surface area contributed by atoms with Gasteiger partial charge in [0.05, 0.1) is 6.04 Å². The predicted octanol–water partition coefficient (Wildman–Crippen LogP) is 1.46. The summed E-state index contributed by atoms with van der Waals surface area (Å²) in [5.74, 6) is -0.172. The van der Waals surface area contributed by atoms with Gasteiger partial charge in [-0.3, -0.25) is 4.79 Å². The Labute approximate surface area is 94.3 Å². The second kappa shape index (κ2) is 4.22. The van der Waals surface area contributed by atoms with Crippen molar-refractivity contribution in [2.45, 2.75) is 19.4 Å². The molecular weight excluding hydrogens is 207 g/mol. The maximum atomic E-state index is 13.1. The molecule has 1 atom stereocenters. The Kier molecular flexibility index (Phi) is 2.92. The van der Waals surface area contributed by atoms with Crippen LogP contribution in [0.1, 0.15) is 12.0 Å². The molecule has 1 amide bonds. The van der Waals surface area contributed by atoms with E-state index >= 15 is 0 Å². The van der Waals surface area contributed by atoms with E-state index in [2.05, 4.69) is 5.32 Å². The molecule has 1 aromatic rings. The molecule has 0 saturated carbocycles. The van der Waals surface area contributed by atoms with Crippen LogP contribution in [-0.4, -0.2) is 25.5 Å². The zero-order valence-electron chi connectivity index (χ0n) is 9.46. The summed E-state index contributed by atoms with van der Waals surface area (Å²) in [6.07, 6.45) is 0.797. The molecule has 1 aromatic carbocycles. The maximum absolute atomic E-state index is 13.1. The molecule has 0 radical (unpaired) electrons. The van der Waals surface area contributed by atoms with E-state index in [0.29, 0.717) is 12.1 Å². The van der Waals surface area contributed by atoms with Gasteiger partial charge in [-0.25, -0.2) is 4.39 Å². The van der Waals surface area contributed by atoms with Gasteiger partial charge < -0.3 is 10.2 Å². The van der Waals surface area contributed by atoms with Crippen LogP contribution in [0.15, 0.2) is 18.2 Å². The van der Waals surface area contributed by atoms with Crippen molar-refractivity contribution in [2.75, 3.05) is 18.5 Å². The molecule has 3 nitrogen and oxygen atoms in total. The van der Waals surface area contributed by atoms with Crippen LogP contribution in [0.3, 0.4) is 0 Å². The standard InChI is InChI=1S/C12H15FN2O/c1-8-7-9(3-4-10(8)13)15-6-5-11(14-2)12(15)16/h3-4,7,11,14H,5-6H2,1-2H3. The largest absolute Gasteiger partial charge is 0.311 e. The van der Waals surface area contributed by atoms with Crippen LogP contribution in [0.2, 0.25) is 0 Å². The summed E-state index contributed by atoms with van der Waals surface area (Å²) < 4.78 is 13.1. The van der Waals surface area contributed by atoms with Crippen LogP contribution in [0.5, 0.6) is 0 Å². The topological polar surface area (TPSA) is 32.3 Å². The number of nitrogens with one attached hydrogen (secondary N) is 1. The van der Waals surface area contributed by atoms with E-state index in [1.807, 2.05) is 0 Å². The first kappa shape index (κ1) is 11.1. The lowest BCUT2D eigenvalue weighted by Crippen LogP contribution is -2.36. The van der Waals surface area contributed by atoms with E-state index in [0.717, 1.165) is 12.1 Å². The molecule has 0 bridgehead atoms. The number of halogens is 1. The summed E-state index contributed by atoms with van der Waals surface area (Å²) in [5.41, 5.74) is 1.35. The van der Waals surface area contributed by atoms with E-state index in [1.54, 1.807) is 31.0 Å². The number of amides is 1. The maximum Gasteiger partial charge on any atom is 0.244 e. The number of benzene rings is 1. The monoisotopic (exact) mass is 222 g/mol. The first-order chi connectivity index (χ1) is 7.63. The number of anilines is 1. The number of hydrogen-bond acceptors (Lipinski definition) is 2. The quantitative estimate of drug-likeness (QED) is 0.821. The summed E-state index contributed by atoms with van der Waals surface area (Å²) in [4.78, 5) is 13.6. The minimum absolute atomic E-state index is 0.0634. The van der Waals surface area contributed by atoms with Gasteiger partial charge in [-0.2, -0.15) is 0 Å². The SMILES string of the molecule is CNC1CCN(c2ccc(F)c(C)c2)C1=O. The molecule has 1 N–H and O–H groups in total. The van der Waals surface area contributed by atoms with Crippen LogP contribution in [0.25, 0.3) is 0 Å². The number of nitrogens with zero attached hydrogens (tertiary/aromatic N) is 1. The number of carbonyl (C=O) groups is 1. The molecule has 2 rings (SSSR count). The van der Waals surface area contributed by atoms with Gasteiger partial charge in [0.25, 0.3) is 0 Å². The van der Waals surface area contributed by atoms with Gasteiger partial charge in [-0.15, -0.1) is 0 Å². The van der Waals surface area contributed by atoms with Gasteiger partial charge in [0, 0.05) is 12.2 Å². The highest BCUT2D eigenvalue weighted by Crippen LogP contribution is 2.23. The summed E-state index contributed by atoms with van der Waals surface area (Å²) in [5, 5.41) is 2.97. The van der Waals surface area contributed by atoms with E-state index < -0.39 is 0 Å². The predicted molar refractivity (Wildman–Crippen MR) is 61.0 cm³/mol. The lowest BCUT2D eigenvalue weighted by molar-refractivity contribution is -0.118. The van der Waals surface area contributed by atoms with Crippen LogP contribution in [0.4, 0.5) is 10.1 Å². The summed E-state index contributed by atoms with van der Waals surface area (Å²) in [7, 11) is 1.78. The second-order valence-electron chi connectivity index (χ2n) is 4.05. The fourth-order valence-corrected chi connectivity index (χ4v) is 2.00. The van der Waals surface area contributed by atoms with E-state index in [9.17, 15) is 9.18 Å². The average molecular weight is 222 g/mol. The smallest absolute Gasteiger partial charge is 0.244 e. The Morgan fingerprint density at radius 2 is 2.25 bits per heavy atom. The Morgan fingerprint density at radius 1 is 1.50 bits per heavy atom. The summed E-state index contributed by atoms with van der Waals surface area (Å²) in [6.45, 7) is 2.39. The lowest BCUT2D eigenvalue weighted by atomic mass is 10.2. The normalized spacial score (nSPS) is 20.6. The van der Waals surface area contributed by atoms with Gasteiger partial charge in [0.15, 0.2) is 0 Å². The summed E-state index contributed by atoms with van der Waals surface area (Å²) in [6, 6.07) is 4.67. The Bertz CT molecular complexity index is 419. The molecule has 86 valence electrons. The first-order valence-corrected chi connectivity index (χ1v) is 5.38. The molecular formula is C12H15FN2O. The fourth-order valence-electron chi connectivity index (χ4n) is 2.00. The van der Waals surface area contributed by atoms with Crippen molar-refractivity contribution in [1.29, 1.82) is 0 Å². The average Bonchev–Trinajstić information content (AvgIpc) is 2.64. The Morgan fingerprint density at radius 3 is 2.81 bits per heavy atom. The van der Waals surface area contributed by atoms with E-state index in [4.69, 9.17) is 0 Å². The van der Waals surface area contributed by atoms with Crippen molar-refractivity contribution in [3.05, 3.63) is 29.6 Å². The van der Waals surface area contributed by atoms with Crippen LogP contribution < -0.4 is 10.2 Å². The van der Waals surface area contributed by atoms with Gasteiger partial charge in [-0.1, -0.05) is 0 Å². The lowest BCUT2D eigenvalue weighted by Gasteiger charge is -2.17. The molecule has 0 aliphatic carbocycles. The molecule has 1 aliphatic heterocycles. The Balaban J connectivity index is 2.25. The van der Waals surface area contributed by atoms with Crippen LogP contribution >= 0.6 is 0 Å². The fraction of sp³-hybridized carbons (Fsp3) is 0.417. The van der Waals surface area contributed by atoms with Crippen molar-refractivity contribution in [2.24, 2.45) is 0 Å². The van der Waals surface area contributed by atoms with Gasteiger partial charge in [-0.05, 0) is 44.2 Å². The first-order valence-electron chi connectivity index (χ1n) is 5.38. The molecule has 4 heteroatoms. The molecule has 1 heterocycles. The highest BCUT2D eigenvalue weighted by Gasteiger charge is 2.31. The zero-order chi connectivity index (χ0) is 11.7. The number of hydrogen-bond donors (Lipinski definition) is 1. The third kappa shape index (κ3) is 1.80. The van der Waals surface area contributed by atoms with Crippen molar-refractivity contribution in [3.63, 3.8) is 0 Å². The molecule has 16 heavy (non-hydrogen) atoms. The molecule has 0 spiro atoms. The highest BCUT2D eigenvalue weighted by atomic mass is 19.1. The zero-order valence-corrected chi connectivity index (χ0v) is 9.46. The molecule has 0 aromatic heterocycles. The summed E-state index contributed by atoms with van der Waals surface area (Å²) >= 11 is 0. The Hall–Kier alpha value is -1.42. The molecule has 1 aliphatic rings. The van der Waals surface area contributed by atoms with Crippen molar-refractivity contribution in [3.8, 4) is 0 Å². The third-order valence-corrected chi connectivity index (χ3v) is 3.01. The third-order valence-electron chi connectivity index (χ3n) is 3.01. The van der Waals surface area contributed by atoms with E-state index in [-0.39, 0.29) is 17.8 Å². The van der Waals surface area contributed by atoms with Gasteiger partial charge in [0.2, 0.25) is 5.91 Å². The number of aryl methyl sites for hydroxylation is 1.